The van der Waals surface area contributed by atoms with Gasteiger partial charge in [0.1, 0.15) is 24.2 Å². The van der Waals surface area contributed by atoms with Crippen LogP contribution >= 0.6 is 0 Å². The van der Waals surface area contributed by atoms with Gasteiger partial charge in [0.2, 0.25) is 11.8 Å². The zero-order valence-corrected chi connectivity index (χ0v) is 19.7. The van der Waals surface area contributed by atoms with Gasteiger partial charge >= 0.3 is 5.69 Å². The molecule has 0 aliphatic carbocycles. The second-order valence-corrected chi connectivity index (χ2v) is 9.52. The Bertz CT molecular complexity index is 1220. The Morgan fingerprint density at radius 2 is 2.06 bits per heavy atom. The molecule has 4 heterocycles. The quantitative estimate of drug-likeness (QED) is 0.545. The summed E-state index contributed by atoms with van der Waals surface area (Å²) in [6.45, 7) is 8.92. The Balaban J connectivity index is 1.31. The van der Waals surface area contributed by atoms with Crippen molar-refractivity contribution < 1.29 is 23.4 Å². The number of nitrogens with zero attached hydrogens (tertiary/aromatic N) is 3. The highest BCUT2D eigenvalue weighted by molar-refractivity contribution is 5.67. The summed E-state index contributed by atoms with van der Waals surface area (Å²) in [5, 5.41) is 0. The van der Waals surface area contributed by atoms with Gasteiger partial charge in [0.25, 0.3) is 0 Å². The van der Waals surface area contributed by atoms with Crippen LogP contribution in [0.2, 0.25) is 0 Å². The molecule has 9 nitrogen and oxygen atoms in total. The van der Waals surface area contributed by atoms with E-state index in [0.29, 0.717) is 38.7 Å². The predicted molar refractivity (Wildman–Crippen MR) is 123 cm³/mol. The van der Waals surface area contributed by atoms with Crippen molar-refractivity contribution in [2.45, 2.75) is 51.9 Å². The molecule has 0 saturated carbocycles. The largest absolute Gasteiger partial charge is 0.484 e. The van der Waals surface area contributed by atoms with E-state index in [2.05, 4.69) is 30.7 Å². The van der Waals surface area contributed by atoms with E-state index in [0.717, 1.165) is 28.3 Å². The number of ether oxygens (including phenoxy) is 4. The fraction of sp³-hybridized carbons (Fsp3) is 0.480. The van der Waals surface area contributed by atoms with E-state index in [-0.39, 0.29) is 36.3 Å². The van der Waals surface area contributed by atoms with Crippen LogP contribution in [0.1, 0.15) is 38.0 Å². The molecule has 1 atom stereocenters. The monoisotopic (exact) mass is 467 g/mol. The Hall–Kier alpha value is -3.17. The average Bonchev–Trinajstić information content (AvgIpc) is 3.32. The van der Waals surface area contributed by atoms with Crippen molar-refractivity contribution in [2.75, 3.05) is 26.4 Å². The third-order valence-electron chi connectivity index (χ3n) is 5.90. The Morgan fingerprint density at radius 3 is 2.82 bits per heavy atom. The van der Waals surface area contributed by atoms with Crippen LogP contribution in [0.5, 0.6) is 11.6 Å². The minimum Gasteiger partial charge on any atom is -0.484 e. The molecule has 180 valence electrons. The zero-order valence-electron chi connectivity index (χ0n) is 19.7. The lowest BCUT2D eigenvalue weighted by Crippen LogP contribution is -2.34. The van der Waals surface area contributed by atoms with Gasteiger partial charge in [-0.2, -0.15) is 4.98 Å². The van der Waals surface area contributed by atoms with Crippen molar-refractivity contribution in [1.29, 1.82) is 0 Å². The predicted octanol–water partition coefficient (Wildman–Crippen LogP) is 3.13. The second kappa shape index (κ2) is 9.23. The summed E-state index contributed by atoms with van der Waals surface area (Å²) in [6, 6.07) is 7.67. The van der Waals surface area contributed by atoms with Gasteiger partial charge in [-0.3, -0.25) is 4.57 Å². The third-order valence-corrected chi connectivity index (χ3v) is 5.90. The molecule has 3 aromatic rings. The lowest BCUT2D eigenvalue weighted by atomic mass is 9.94. The first-order valence-corrected chi connectivity index (χ1v) is 11.5. The van der Waals surface area contributed by atoms with Gasteiger partial charge < -0.3 is 23.4 Å². The Labute approximate surface area is 197 Å². The smallest absolute Gasteiger partial charge is 0.351 e. The van der Waals surface area contributed by atoms with Gasteiger partial charge in [-0.15, -0.1) is 0 Å². The summed E-state index contributed by atoms with van der Waals surface area (Å²) in [5.41, 5.74) is 2.42. The number of aryl methyl sites for hydroxylation is 1. The molecule has 2 aromatic heterocycles. The molecule has 1 unspecified atom stereocenters. The van der Waals surface area contributed by atoms with E-state index in [1.165, 1.54) is 0 Å². The maximum Gasteiger partial charge on any atom is 0.351 e. The van der Waals surface area contributed by atoms with Crippen molar-refractivity contribution in [1.82, 2.24) is 14.5 Å². The fourth-order valence-electron chi connectivity index (χ4n) is 4.03. The summed E-state index contributed by atoms with van der Waals surface area (Å²) < 4.78 is 30.2. The lowest BCUT2D eigenvalue weighted by molar-refractivity contribution is -0.102. The molecule has 0 bridgehead atoms. The highest BCUT2D eigenvalue weighted by atomic mass is 16.6. The molecule has 0 amide bonds. The van der Waals surface area contributed by atoms with Gasteiger partial charge in [0.15, 0.2) is 6.61 Å². The number of rotatable bonds is 6. The average molecular weight is 468 g/mol. The van der Waals surface area contributed by atoms with Gasteiger partial charge in [0, 0.05) is 23.6 Å². The highest BCUT2D eigenvalue weighted by Gasteiger charge is 2.22. The van der Waals surface area contributed by atoms with Gasteiger partial charge in [-0.1, -0.05) is 20.8 Å². The third kappa shape index (κ3) is 4.85. The van der Waals surface area contributed by atoms with Crippen LogP contribution < -0.4 is 15.2 Å². The van der Waals surface area contributed by atoms with E-state index in [9.17, 15) is 4.79 Å². The minimum absolute atomic E-state index is 0.100. The molecule has 2 aliphatic rings. The minimum atomic E-state index is -0.321. The van der Waals surface area contributed by atoms with Crippen LogP contribution in [-0.2, 0) is 34.5 Å². The molecule has 0 N–H and O–H groups in total. The Kier molecular flexibility index (Phi) is 6.14. The summed E-state index contributed by atoms with van der Waals surface area (Å²) in [7, 11) is 0. The normalized spacial score (nSPS) is 17.7. The topological polar surface area (TPSA) is 97.8 Å². The maximum absolute atomic E-state index is 12.6. The number of hydrogen-bond acceptors (Lipinski definition) is 8. The van der Waals surface area contributed by atoms with Crippen LogP contribution in [0.4, 0.5) is 0 Å². The van der Waals surface area contributed by atoms with Gasteiger partial charge in [-0.25, -0.2) is 9.78 Å². The summed E-state index contributed by atoms with van der Waals surface area (Å²) in [6.07, 6.45) is 2.30. The summed E-state index contributed by atoms with van der Waals surface area (Å²) in [4.78, 5) is 21.0. The first-order chi connectivity index (χ1) is 16.4. The molecule has 1 saturated heterocycles. The number of oxazole rings is 1. The van der Waals surface area contributed by atoms with Crippen LogP contribution in [0, 0.1) is 0 Å². The van der Waals surface area contributed by atoms with Crippen molar-refractivity contribution in [3.05, 3.63) is 58.2 Å². The van der Waals surface area contributed by atoms with E-state index in [4.69, 9.17) is 23.4 Å². The molecular formula is C25H29N3O6. The summed E-state index contributed by atoms with van der Waals surface area (Å²) in [5.74, 6) is 2.38. The molecule has 5 rings (SSSR count). The van der Waals surface area contributed by atoms with Gasteiger partial charge in [-0.05, 0) is 30.2 Å². The highest BCUT2D eigenvalue weighted by Crippen LogP contribution is 2.32. The molecule has 2 aliphatic heterocycles. The van der Waals surface area contributed by atoms with Crippen LogP contribution in [0.3, 0.4) is 0 Å². The summed E-state index contributed by atoms with van der Waals surface area (Å²) >= 11 is 0. The fourth-order valence-corrected chi connectivity index (χ4v) is 4.03. The number of benzene rings is 1. The zero-order chi connectivity index (χ0) is 23.7. The first-order valence-electron chi connectivity index (χ1n) is 11.5. The van der Waals surface area contributed by atoms with Gasteiger partial charge in [0.05, 0.1) is 31.7 Å². The molecule has 0 spiro atoms. The number of aromatic nitrogens is 3. The molecule has 0 radical (unpaired) electrons. The van der Waals surface area contributed by atoms with Crippen LogP contribution in [0.25, 0.3) is 11.3 Å². The molecule has 1 fully saturated rings. The number of fused-ring (bicyclic) bond motifs is 3. The molecule has 34 heavy (non-hydrogen) atoms. The van der Waals surface area contributed by atoms with Crippen molar-refractivity contribution >= 4 is 0 Å². The van der Waals surface area contributed by atoms with E-state index < -0.39 is 0 Å². The molecule has 9 heteroatoms. The van der Waals surface area contributed by atoms with Crippen molar-refractivity contribution in [2.24, 2.45) is 0 Å². The lowest BCUT2D eigenvalue weighted by Gasteiger charge is -2.24. The first kappa shape index (κ1) is 22.6. The van der Waals surface area contributed by atoms with Crippen molar-refractivity contribution in [3.63, 3.8) is 0 Å². The van der Waals surface area contributed by atoms with Crippen molar-refractivity contribution in [3.8, 4) is 22.9 Å². The van der Waals surface area contributed by atoms with E-state index in [1.54, 1.807) is 10.8 Å². The Morgan fingerprint density at radius 1 is 1.18 bits per heavy atom. The molecular weight excluding hydrogens is 438 g/mol. The SMILES string of the molecule is CC(C)(C)c1cnc(COc2ccc3c(c2)CCn2c-3cc(OCC3COCCO3)nc2=O)o1. The molecule has 1 aromatic carbocycles. The van der Waals surface area contributed by atoms with Crippen LogP contribution in [0.15, 0.2) is 39.7 Å². The van der Waals surface area contributed by atoms with E-state index in [1.807, 2.05) is 24.3 Å². The standard InChI is InChI=1S/C25H29N3O6/c1-25(2,3)21-12-26-23(34-21)15-32-17-4-5-19-16(10-17)6-7-28-20(19)11-22(27-24(28)29)33-14-18-13-30-8-9-31-18/h4-5,10-12,18H,6-9,13-15H2,1-3H3. The van der Waals surface area contributed by atoms with E-state index >= 15 is 0 Å². The number of hydrogen-bond donors (Lipinski definition) is 0. The second-order valence-electron chi connectivity index (χ2n) is 9.52. The van der Waals surface area contributed by atoms with Crippen LogP contribution in [-0.4, -0.2) is 47.1 Å². The maximum atomic E-state index is 12.6.